The molecule has 1 amide bonds. The van der Waals surface area contributed by atoms with E-state index in [1.165, 1.54) is 10.7 Å². The summed E-state index contributed by atoms with van der Waals surface area (Å²) in [6.45, 7) is 0.352. The molecule has 0 saturated carbocycles. The van der Waals surface area contributed by atoms with Crippen molar-refractivity contribution in [3.05, 3.63) is 76.0 Å². The maximum atomic E-state index is 12.1. The number of hydrogen-bond acceptors (Lipinski definition) is 4. The van der Waals surface area contributed by atoms with Gasteiger partial charge in [-0.15, -0.1) is 0 Å². The van der Waals surface area contributed by atoms with Gasteiger partial charge in [0, 0.05) is 35.3 Å². The molecule has 1 aromatic heterocycles. The van der Waals surface area contributed by atoms with Crippen molar-refractivity contribution < 1.29 is 9.53 Å². The van der Waals surface area contributed by atoms with E-state index in [-0.39, 0.29) is 17.9 Å². The Labute approximate surface area is 167 Å². The molecule has 1 heterocycles. The van der Waals surface area contributed by atoms with Crippen LogP contribution in [0.1, 0.15) is 12.8 Å². The second kappa shape index (κ2) is 9.19. The number of amides is 1. The molecule has 7 heteroatoms. The third-order valence-corrected chi connectivity index (χ3v) is 4.39. The molecule has 0 spiro atoms. The van der Waals surface area contributed by atoms with E-state index in [4.69, 9.17) is 16.3 Å². The van der Waals surface area contributed by atoms with Crippen molar-refractivity contribution in [3.63, 3.8) is 0 Å². The van der Waals surface area contributed by atoms with Crippen LogP contribution in [0.25, 0.3) is 11.3 Å². The lowest BCUT2D eigenvalue weighted by molar-refractivity contribution is -0.116. The van der Waals surface area contributed by atoms with Crippen molar-refractivity contribution in [3.8, 4) is 17.0 Å². The highest BCUT2D eigenvalue weighted by molar-refractivity contribution is 6.30. The van der Waals surface area contributed by atoms with E-state index in [9.17, 15) is 9.59 Å². The topological polar surface area (TPSA) is 73.2 Å². The molecule has 0 bridgehead atoms. The molecule has 0 aliphatic heterocycles. The number of carbonyl (C=O) groups excluding carboxylic acids is 1. The predicted molar refractivity (Wildman–Crippen MR) is 110 cm³/mol. The number of methoxy groups -OCH3 is 1. The monoisotopic (exact) mass is 397 g/mol. The maximum absolute atomic E-state index is 12.1. The highest BCUT2D eigenvalue weighted by atomic mass is 35.5. The molecule has 3 rings (SSSR count). The number of nitrogens with zero attached hydrogens (tertiary/aromatic N) is 2. The third kappa shape index (κ3) is 5.20. The van der Waals surface area contributed by atoms with Gasteiger partial charge in [0.2, 0.25) is 5.91 Å². The Morgan fingerprint density at radius 2 is 1.93 bits per heavy atom. The van der Waals surface area contributed by atoms with Crippen LogP contribution in [0.4, 0.5) is 5.69 Å². The molecule has 6 nitrogen and oxygen atoms in total. The number of carbonyl (C=O) groups is 1. The zero-order valence-electron chi connectivity index (χ0n) is 15.4. The van der Waals surface area contributed by atoms with Crippen LogP contribution < -0.4 is 15.6 Å². The number of aromatic nitrogens is 2. The van der Waals surface area contributed by atoms with Gasteiger partial charge in [-0.3, -0.25) is 9.59 Å². The van der Waals surface area contributed by atoms with Gasteiger partial charge in [0.1, 0.15) is 5.75 Å². The van der Waals surface area contributed by atoms with Crippen LogP contribution >= 0.6 is 11.6 Å². The minimum Gasteiger partial charge on any atom is -0.497 e. The number of ether oxygens (including phenoxy) is 1. The van der Waals surface area contributed by atoms with E-state index in [1.807, 2.05) is 24.3 Å². The SMILES string of the molecule is COc1cccc(-c2ccc(=O)n(CCCC(=O)Nc3ccc(Cl)cc3)n2)c1. The summed E-state index contributed by atoms with van der Waals surface area (Å²) in [7, 11) is 1.60. The molecule has 0 atom stereocenters. The Kier molecular flexibility index (Phi) is 6.45. The average molecular weight is 398 g/mol. The summed E-state index contributed by atoms with van der Waals surface area (Å²) in [6, 6.07) is 17.5. The number of nitrogens with one attached hydrogen (secondary N) is 1. The summed E-state index contributed by atoms with van der Waals surface area (Å²) in [5.41, 5.74) is 2.01. The highest BCUT2D eigenvalue weighted by Crippen LogP contribution is 2.21. The van der Waals surface area contributed by atoms with Gasteiger partial charge in [-0.2, -0.15) is 5.10 Å². The van der Waals surface area contributed by atoms with Crippen molar-refractivity contribution in [1.82, 2.24) is 9.78 Å². The van der Waals surface area contributed by atoms with Crippen LogP contribution in [0.3, 0.4) is 0 Å². The lowest BCUT2D eigenvalue weighted by atomic mass is 10.1. The molecular formula is C21H20ClN3O3. The number of benzene rings is 2. The number of rotatable bonds is 7. The molecule has 0 fully saturated rings. The summed E-state index contributed by atoms with van der Waals surface area (Å²) in [5.74, 6) is 0.593. The number of halogens is 1. The predicted octanol–water partition coefficient (Wildman–Crippen LogP) is 3.99. The number of hydrogen-bond donors (Lipinski definition) is 1. The second-order valence-electron chi connectivity index (χ2n) is 6.17. The molecule has 0 aliphatic carbocycles. The van der Waals surface area contributed by atoms with Crippen molar-refractivity contribution in [2.75, 3.05) is 12.4 Å². The van der Waals surface area contributed by atoms with E-state index in [0.29, 0.717) is 29.4 Å². The summed E-state index contributed by atoms with van der Waals surface area (Å²) in [6.07, 6.45) is 0.772. The van der Waals surface area contributed by atoms with Crippen molar-refractivity contribution in [1.29, 1.82) is 0 Å². The van der Waals surface area contributed by atoms with Gasteiger partial charge >= 0.3 is 0 Å². The van der Waals surface area contributed by atoms with E-state index >= 15 is 0 Å². The first kappa shape index (κ1) is 19.6. The van der Waals surface area contributed by atoms with Crippen LogP contribution in [0.5, 0.6) is 5.75 Å². The summed E-state index contributed by atoms with van der Waals surface area (Å²) >= 11 is 5.83. The highest BCUT2D eigenvalue weighted by Gasteiger charge is 2.07. The third-order valence-electron chi connectivity index (χ3n) is 4.13. The first-order valence-corrected chi connectivity index (χ1v) is 9.21. The van der Waals surface area contributed by atoms with E-state index in [2.05, 4.69) is 10.4 Å². The van der Waals surface area contributed by atoms with Gasteiger partial charge in [-0.05, 0) is 48.9 Å². The standard InChI is InChI=1S/C21H20ClN3O3/c1-28-18-5-2-4-15(14-18)19-11-12-21(27)25(24-19)13-3-6-20(26)23-17-9-7-16(22)8-10-17/h2,4-5,7-12,14H,3,6,13H2,1H3,(H,23,26). The largest absolute Gasteiger partial charge is 0.497 e. The van der Waals surface area contributed by atoms with Gasteiger partial charge in [-0.25, -0.2) is 4.68 Å². The van der Waals surface area contributed by atoms with E-state index < -0.39 is 0 Å². The zero-order valence-corrected chi connectivity index (χ0v) is 16.1. The van der Waals surface area contributed by atoms with Gasteiger partial charge < -0.3 is 10.1 Å². The Morgan fingerprint density at radius 3 is 2.68 bits per heavy atom. The van der Waals surface area contributed by atoms with Gasteiger partial charge in [0.05, 0.1) is 12.8 Å². The smallest absolute Gasteiger partial charge is 0.266 e. The lowest BCUT2D eigenvalue weighted by Gasteiger charge is -2.09. The Bertz CT molecular complexity index is 1020. The molecule has 0 radical (unpaired) electrons. The van der Waals surface area contributed by atoms with E-state index in [1.54, 1.807) is 37.4 Å². The average Bonchev–Trinajstić information content (AvgIpc) is 2.71. The normalized spacial score (nSPS) is 10.5. The summed E-state index contributed by atoms with van der Waals surface area (Å²) in [4.78, 5) is 24.2. The Balaban J connectivity index is 1.61. The minimum atomic E-state index is -0.204. The van der Waals surface area contributed by atoms with Crippen LogP contribution in [0.2, 0.25) is 5.02 Å². The molecule has 144 valence electrons. The summed E-state index contributed by atoms with van der Waals surface area (Å²) in [5, 5.41) is 7.82. The second-order valence-corrected chi connectivity index (χ2v) is 6.61. The minimum absolute atomic E-state index is 0.126. The van der Waals surface area contributed by atoms with Crippen molar-refractivity contribution in [2.45, 2.75) is 19.4 Å². The fourth-order valence-corrected chi connectivity index (χ4v) is 2.82. The molecule has 0 aliphatic rings. The number of aryl methyl sites for hydroxylation is 1. The van der Waals surface area contributed by atoms with Crippen LogP contribution in [0.15, 0.2) is 65.5 Å². The maximum Gasteiger partial charge on any atom is 0.266 e. The van der Waals surface area contributed by atoms with Crippen molar-refractivity contribution >= 4 is 23.2 Å². The van der Waals surface area contributed by atoms with Crippen LogP contribution in [0, 0.1) is 0 Å². The number of anilines is 1. The molecule has 3 aromatic rings. The molecule has 1 N–H and O–H groups in total. The van der Waals surface area contributed by atoms with Gasteiger partial charge in [0.25, 0.3) is 5.56 Å². The Morgan fingerprint density at radius 1 is 1.14 bits per heavy atom. The zero-order chi connectivity index (χ0) is 19.9. The van der Waals surface area contributed by atoms with Gasteiger partial charge in [0.15, 0.2) is 0 Å². The molecular weight excluding hydrogens is 378 g/mol. The van der Waals surface area contributed by atoms with Crippen molar-refractivity contribution in [2.24, 2.45) is 0 Å². The molecule has 0 unspecified atom stereocenters. The fraction of sp³-hybridized carbons (Fsp3) is 0.190. The van der Waals surface area contributed by atoms with Gasteiger partial charge in [-0.1, -0.05) is 23.7 Å². The molecule has 0 saturated heterocycles. The van der Waals surface area contributed by atoms with E-state index in [0.717, 1.165) is 11.3 Å². The fourth-order valence-electron chi connectivity index (χ4n) is 2.69. The van der Waals surface area contributed by atoms with Crippen LogP contribution in [-0.4, -0.2) is 22.8 Å². The lowest BCUT2D eigenvalue weighted by Crippen LogP contribution is -2.23. The van der Waals surface area contributed by atoms with Crippen LogP contribution in [-0.2, 0) is 11.3 Å². The molecule has 2 aromatic carbocycles. The Hall–Kier alpha value is -3.12. The quantitative estimate of drug-likeness (QED) is 0.654. The first-order valence-electron chi connectivity index (χ1n) is 8.83. The summed E-state index contributed by atoms with van der Waals surface area (Å²) < 4.78 is 6.61. The molecule has 28 heavy (non-hydrogen) atoms. The first-order chi connectivity index (χ1) is 13.5.